The van der Waals surface area contributed by atoms with E-state index in [1.807, 2.05) is 43.5 Å². The first-order chi connectivity index (χ1) is 14.7. The molecule has 7 heteroatoms. The minimum atomic E-state index is -0.0681. The quantitative estimate of drug-likeness (QED) is 0.552. The van der Waals surface area contributed by atoms with Gasteiger partial charge in [0.2, 0.25) is 0 Å². The number of nitrogens with one attached hydrogen (secondary N) is 1. The monoisotopic (exact) mass is 422 g/mol. The average Bonchev–Trinajstić information content (AvgIpc) is 3.37. The summed E-state index contributed by atoms with van der Waals surface area (Å²) in [7, 11) is 1.72. The number of benzene rings is 1. The van der Waals surface area contributed by atoms with Crippen LogP contribution >= 0.6 is 12.2 Å². The van der Waals surface area contributed by atoms with E-state index in [0.717, 1.165) is 29.4 Å². The average molecular weight is 423 g/mol. The van der Waals surface area contributed by atoms with Gasteiger partial charge in [-0.05, 0) is 67.7 Å². The van der Waals surface area contributed by atoms with Crippen LogP contribution in [0.4, 0.5) is 5.69 Å². The van der Waals surface area contributed by atoms with Gasteiger partial charge >= 0.3 is 0 Å². The molecule has 0 amide bonds. The SMILES string of the molecule is CCOc1ccc(N2C(=S)N[C@H](c3ccccn3)[C@@H]2c2cccn2CCOC)cc1. The second-order valence-corrected chi connectivity index (χ2v) is 7.43. The molecule has 0 saturated carbocycles. The number of anilines is 1. The Labute approximate surface area is 182 Å². The Bertz CT molecular complexity index is 974. The summed E-state index contributed by atoms with van der Waals surface area (Å²) in [5.41, 5.74) is 3.13. The summed E-state index contributed by atoms with van der Waals surface area (Å²) in [6, 6.07) is 18.1. The molecule has 0 bridgehead atoms. The number of hydrogen-bond acceptors (Lipinski definition) is 4. The second-order valence-electron chi connectivity index (χ2n) is 7.04. The highest BCUT2D eigenvalue weighted by Crippen LogP contribution is 2.41. The molecule has 156 valence electrons. The van der Waals surface area contributed by atoms with Crippen LogP contribution < -0.4 is 15.0 Å². The Kier molecular flexibility index (Phi) is 6.30. The maximum absolute atomic E-state index is 5.79. The van der Waals surface area contributed by atoms with Crippen LogP contribution in [0.5, 0.6) is 5.75 Å². The zero-order chi connectivity index (χ0) is 20.9. The zero-order valence-electron chi connectivity index (χ0n) is 17.2. The molecule has 2 aromatic heterocycles. The van der Waals surface area contributed by atoms with Gasteiger partial charge in [-0.25, -0.2) is 0 Å². The van der Waals surface area contributed by atoms with E-state index in [0.29, 0.717) is 18.3 Å². The fourth-order valence-electron chi connectivity index (χ4n) is 3.89. The Balaban J connectivity index is 1.76. The van der Waals surface area contributed by atoms with E-state index in [2.05, 4.69) is 50.2 Å². The molecule has 30 heavy (non-hydrogen) atoms. The minimum Gasteiger partial charge on any atom is -0.494 e. The van der Waals surface area contributed by atoms with Crippen molar-refractivity contribution in [2.75, 3.05) is 25.2 Å². The van der Waals surface area contributed by atoms with Crippen LogP contribution in [0.2, 0.25) is 0 Å². The first-order valence-electron chi connectivity index (χ1n) is 10.1. The summed E-state index contributed by atoms with van der Waals surface area (Å²) in [6.45, 7) is 4.03. The van der Waals surface area contributed by atoms with Crippen molar-refractivity contribution in [3.05, 3.63) is 78.4 Å². The Morgan fingerprint density at radius 3 is 2.63 bits per heavy atom. The third-order valence-electron chi connectivity index (χ3n) is 5.23. The molecule has 0 unspecified atom stereocenters. The molecule has 2 atom stereocenters. The molecule has 1 aliphatic heterocycles. The van der Waals surface area contributed by atoms with E-state index >= 15 is 0 Å². The molecular weight excluding hydrogens is 396 g/mol. The van der Waals surface area contributed by atoms with Gasteiger partial charge in [-0.3, -0.25) is 4.98 Å². The number of rotatable bonds is 8. The number of methoxy groups -OCH3 is 1. The maximum Gasteiger partial charge on any atom is 0.174 e. The molecule has 0 aliphatic carbocycles. The first-order valence-corrected chi connectivity index (χ1v) is 10.5. The summed E-state index contributed by atoms with van der Waals surface area (Å²) in [5, 5.41) is 4.18. The van der Waals surface area contributed by atoms with Gasteiger partial charge in [0.25, 0.3) is 0 Å². The Morgan fingerprint density at radius 1 is 1.10 bits per heavy atom. The summed E-state index contributed by atoms with van der Waals surface area (Å²) in [4.78, 5) is 6.78. The number of hydrogen-bond donors (Lipinski definition) is 1. The number of ether oxygens (including phenoxy) is 2. The van der Waals surface area contributed by atoms with Gasteiger partial charge in [0, 0.05) is 37.4 Å². The highest BCUT2D eigenvalue weighted by Gasteiger charge is 2.41. The second kappa shape index (κ2) is 9.28. The third kappa shape index (κ3) is 4.04. The van der Waals surface area contributed by atoms with Crippen molar-refractivity contribution in [2.24, 2.45) is 0 Å². The lowest BCUT2D eigenvalue weighted by Crippen LogP contribution is -2.30. The van der Waals surface area contributed by atoms with Crippen LogP contribution in [0.3, 0.4) is 0 Å². The van der Waals surface area contributed by atoms with E-state index < -0.39 is 0 Å². The van der Waals surface area contributed by atoms with E-state index in [4.69, 9.17) is 21.7 Å². The predicted octanol–water partition coefficient (Wildman–Crippen LogP) is 4.11. The van der Waals surface area contributed by atoms with Crippen molar-refractivity contribution in [1.29, 1.82) is 0 Å². The zero-order valence-corrected chi connectivity index (χ0v) is 18.0. The van der Waals surface area contributed by atoms with Crippen LogP contribution in [-0.4, -0.2) is 35.0 Å². The molecule has 0 radical (unpaired) electrons. The number of pyridine rings is 1. The molecule has 4 rings (SSSR count). The van der Waals surface area contributed by atoms with E-state index in [1.54, 1.807) is 7.11 Å². The summed E-state index contributed by atoms with van der Waals surface area (Å²) in [5.74, 6) is 0.848. The lowest BCUT2D eigenvalue weighted by atomic mass is 10.0. The van der Waals surface area contributed by atoms with Crippen molar-refractivity contribution >= 4 is 23.0 Å². The van der Waals surface area contributed by atoms with Crippen molar-refractivity contribution < 1.29 is 9.47 Å². The summed E-state index contributed by atoms with van der Waals surface area (Å²) < 4.78 is 13.1. The molecular formula is C23H26N4O2S. The number of aromatic nitrogens is 2. The van der Waals surface area contributed by atoms with Crippen molar-refractivity contribution in [1.82, 2.24) is 14.9 Å². The van der Waals surface area contributed by atoms with E-state index in [9.17, 15) is 0 Å². The Hall–Kier alpha value is -2.90. The van der Waals surface area contributed by atoms with Gasteiger partial charge in [0.1, 0.15) is 11.8 Å². The number of nitrogens with zero attached hydrogens (tertiary/aromatic N) is 3. The highest BCUT2D eigenvalue weighted by molar-refractivity contribution is 7.80. The minimum absolute atomic E-state index is 0.0443. The third-order valence-corrected chi connectivity index (χ3v) is 5.54. The van der Waals surface area contributed by atoms with Gasteiger partial charge in [0.05, 0.1) is 24.9 Å². The fourth-order valence-corrected chi connectivity index (χ4v) is 4.24. The largest absolute Gasteiger partial charge is 0.494 e. The van der Waals surface area contributed by atoms with Gasteiger partial charge in [-0.15, -0.1) is 0 Å². The Morgan fingerprint density at radius 2 is 1.93 bits per heavy atom. The molecule has 1 aromatic carbocycles. The van der Waals surface area contributed by atoms with Gasteiger partial charge in [-0.1, -0.05) is 6.07 Å². The maximum atomic E-state index is 5.79. The van der Waals surface area contributed by atoms with Crippen molar-refractivity contribution in [2.45, 2.75) is 25.6 Å². The summed E-state index contributed by atoms with van der Waals surface area (Å²) in [6.07, 6.45) is 3.90. The fraction of sp³-hybridized carbons (Fsp3) is 0.304. The van der Waals surface area contributed by atoms with Gasteiger partial charge < -0.3 is 24.3 Å². The first kappa shape index (κ1) is 20.4. The normalized spacial score (nSPS) is 18.5. The number of thiocarbonyl (C=S) groups is 1. The van der Waals surface area contributed by atoms with Crippen molar-refractivity contribution in [3.8, 4) is 5.75 Å². The molecule has 3 heterocycles. The lowest BCUT2D eigenvalue weighted by Gasteiger charge is -2.29. The standard InChI is InChI=1S/C23H26N4O2S/c1-3-29-18-11-9-17(10-12-18)27-22(20-8-6-14-26(20)15-16-28-2)21(25-23(27)30)19-7-4-5-13-24-19/h4-14,21-22H,3,15-16H2,1-2H3,(H,25,30)/t21-,22+/m1/s1. The van der Waals surface area contributed by atoms with Crippen LogP contribution in [0.15, 0.2) is 67.0 Å². The topological polar surface area (TPSA) is 51.5 Å². The van der Waals surface area contributed by atoms with E-state index in [-0.39, 0.29) is 12.1 Å². The van der Waals surface area contributed by atoms with Crippen LogP contribution in [0.1, 0.15) is 30.4 Å². The summed E-state index contributed by atoms with van der Waals surface area (Å²) >= 11 is 5.79. The molecule has 0 spiro atoms. The van der Waals surface area contributed by atoms with Gasteiger partial charge in [0.15, 0.2) is 5.11 Å². The van der Waals surface area contributed by atoms with E-state index in [1.165, 1.54) is 0 Å². The molecule has 3 aromatic rings. The van der Waals surface area contributed by atoms with Crippen LogP contribution in [0, 0.1) is 0 Å². The predicted molar refractivity (Wildman–Crippen MR) is 122 cm³/mol. The molecule has 6 nitrogen and oxygen atoms in total. The van der Waals surface area contributed by atoms with Crippen LogP contribution in [0.25, 0.3) is 0 Å². The molecule has 1 fully saturated rings. The molecule has 1 saturated heterocycles. The molecule has 1 aliphatic rings. The molecule has 1 N–H and O–H groups in total. The van der Waals surface area contributed by atoms with Gasteiger partial charge in [-0.2, -0.15) is 0 Å². The lowest BCUT2D eigenvalue weighted by molar-refractivity contribution is 0.186. The van der Waals surface area contributed by atoms with Crippen molar-refractivity contribution in [3.63, 3.8) is 0 Å². The highest BCUT2D eigenvalue weighted by atomic mass is 32.1. The van der Waals surface area contributed by atoms with Crippen LogP contribution in [-0.2, 0) is 11.3 Å². The smallest absolute Gasteiger partial charge is 0.174 e.